The highest BCUT2D eigenvalue weighted by Crippen LogP contribution is 2.26. The Bertz CT molecular complexity index is 568. The van der Waals surface area contributed by atoms with Gasteiger partial charge in [0.2, 0.25) is 5.95 Å². The smallest absolute Gasteiger partial charge is 0.222 e. The lowest BCUT2D eigenvalue weighted by molar-refractivity contribution is 0.193. The summed E-state index contributed by atoms with van der Waals surface area (Å²) in [5.41, 5.74) is 9.66. The molecule has 1 atom stereocenters. The maximum absolute atomic E-state index is 5.83. The van der Waals surface area contributed by atoms with Gasteiger partial charge in [0.15, 0.2) is 0 Å². The first-order valence-corrected chi connectivity index (χ1v) is 7.47. The van der Waals surface area contributed by atoms with Gasteiger partial charge in [-0.25, -0.2) is 9.97 Å². The van der Waals surface area contributed by atoms with E-state index in [-0.39, 0.29) is 0 Å². The fourth-order valence-corrected chi connectivity index (χ4v) is 2.83. The van der Waals surface area contributed by atoms with E-state index in [4.69, 9.17) is 10.5 Å². The Balaban J connectivity index is 1.81. The number of rotatable bonds is 4. The zero-order valence-electron chi connectivity index (χ0n) is 11.3. The number of hydrogen-bond donors (Lipinski definition) is 1. The molecule has 1 aliphatic rings. The zero-order valence-corrected chi connectivity index (χ0v) is 12.1. The molecular weight excluding hydrogens is 274 g/mol. The molecule has 0 unspecified atom stereocenters. The largest absolute Gasteiger partial charge is 0.381 e. The van der Waals surface area contributed by atoms with Crippen LogP contribution in [-0.4, -0.2) is 35.2 Å². The first kappa shape index (κ1) is 13.3. The molecule has 0 spiro atoms. The summed E-state index contributed by atoms with van der Waals surface area (Å²) in [5, 5.41) is 2.03. The van der Waals surface area contributed by atoms with E-state index in [1.807, 2.05) is 28.9 Å². The molecule has 0 radical (unpaired) electrons. The molecule has 1 saturated heterocycles. The van der Waals surface area contributed by atoms with Crippen molar-refractivity contribution >= 4 is 23.1 Å². The highest BCUT2D eigenvalue weighted by molar-refractivity contribution is 7.07. The SMILES string of the molecule is CN(Cc1cscn1)c1cc([C@H]2CCOC2)nc(N)n1. The lowest BCUT2D eigenvalue weighted by Gasteiger charge is -2.19. The van der Waals surface area contributed by atoms with E-state index in [2.05, 4.69) is 15.0 Å². The molecule has 106 valence electrons. The number of nitrogens with zero attached hydrogens (tertiary/aromatic N) is 4. The van der Waals surface area contributed by atoms with Crippen molar-refractivity contribution in [3.63, 3.8) is 0 Å². The minimum atomic E-state index is 0.314. The normalized spacial score (nSPS) is 18.4. The summed E-state index contributed by atoms with van der Waals surface area (Å²) in [6.07, 6.45) is 0.992. The maximum Gasteiger partial charge on any atom is 0.222 e. The van der Waals surface area contributed by atoms with Gasteiger partial charge in [0.05, 0.1) is 30.1 Å². The second-order valence-corrected chi connectivity index (χ2v) is 5.62. The van der Waals surface area contributed by atoms with E-state index in [1.54, 1.807) is 11.3 Å². The van der Waals surface area contributed by atoms with Crippen LogP contribution < -0.4 is 10.6 Å². The van der Waals surface area contributed by atoms with Crippen LogP contribution in [0, 0.1) is 0 Å². The molecule has 1 fully saturated rings. The average molecular weight is 291 g/mol. The number of aromatic nitrogens is 3. The van der Waals surface area contributed by atoms with Gasteiger partial charge in [0.25, 0.3) is 0 Å². The number of anilines is 2. The molecule has 0 aliphatic carbocycles. The van der Waals surface area contributed by atoms with Crippen LogP contribution in [0.4, 0.5) is 11.8 Å². The van der Waals surface area contributed by atoms with E-state index >= 15 is 0 Å². The van der Waals surface area contributed by atoms with Gasteiger partial charge in [0.1, 0.15) is 5.82 Å². The number of thiazole rings is 1. The summed E-state index contributed by atoms with van der Waals surface area (Å²) in [6.45, 7) is 2.21. The topological polar surface area (TPSA) is 77.2 Å². The quantitative estimate of drug-likeness (QED) is 0.923. The Morgan fingerprint density at radius 1 is 1.50 bits per heavy atom. The Labute approximate surface area is 121 Å². The van der Waals surface area contributed by atoms with E-state index in [9.17, 15) is 0 Å². The van der Waals surface area contributed by atoms with Gasteiger partial charge in [-0.3, -0.25) is 0 Å². The molecule has 20 heavy (non-hydrogen) atoms. The highest BCUT2D eigenvalue weighted by atomic mass is 32.1. The third-order valence-corrected chi connectivity index (χ3v) is 4.01. The van der Waals surface area contributed by atoms with Crippen molar-refractivity contribution in [2.45, 2.75) is 18.9 Å². The average Bonchev–Trinajstić information content (AvgIpc) is 3.11. The highest BCUT2D eigenvalue weighted by Gasteiger charge is 2.21. The molecule has 2 aromatic heterocycles. The van der Waals surface area contributed by atoms with Gasteiger partial charge in [-0.15, -0.1) is 11.3 Å². The van der Waals surface area contributed by atoms with Crippen LogP contribution in [0.25, 0.3) is 0 Å². The molecule has 3 rings (SSSR count). The van der Waals surface area contributed by atoms with Gasteiger partial charge >= 0.3 is 0 Å². The molecule has 0 aromatic carbocycles. The summed E-state index contributed by atoms with van der Waals surface area (Å²) in [7, 11) is 1.98. The monoisotopic (exact) mass is 291 g/mol. The lowest BCUT2D eigenvalue weighted by atomic mass is 10.0. The first-order valence-electron chi connectivity index (χ1n) is 6.53. The van der Waals surface area contributed by atoms with E-state index < -0.39 is 0 Å². The van der Waals surface area contributed by atoms with E-state index in [0.717, 1.165) is 30.2 Å². The van der Waals surface area contributed by atoms with Gasteiger partial charge in [-0.1, -0.05) is 0 Å². The number of hydrogen-bond acceptors (Lipinski definition) is 7. The summed E-state index contributed by atoms with van der Waals surface area (Å²) in [5.74, 6) is 1.47. The molecule has 0 amide bonds. The number of nitrogen functional groups attached to an aromatic ring is 1. The maximum atomic E-state index is 5.83. The summed E-state index contributed by atoms with van der Waals surface area (Å²) < 4.78 is 5.41. The number of nitrogens with two attached hydrogens (primary N) is 1. The van der Waals surface area contributed by atoms with Crippen LogP contribution >= 0.6 is 11.3 Å². The van der Waals surface area contributed by atoms with Crippen molar-refractivity contribution in [2.24, 2.45) is 0 Å². The van der Waals surface area contributed by atoms with Crippen LogP contribution in [0.15, 0.2) is 17.0 Å². The summed E-state index contributed by atoms with van der Waals surface area (Å²) in [4.78, 5) is 15.0. The number of ether oxygens (including phenoxy) is 1. The van der Waals surface area contributed by atoms with Crippen molar-refractivity contribution in [3.8, 4) is 0 Å². The second kappa shape index (κ2) is 5.72. The zero-order chi connectivity index (χ0) is 13.9. The molecule has 2 N–H and O–H groups in total. The Kier molecular flexibility index (Phi) is 3.79. The van der Waals surface area contributed by atoms with Crippen molar-refractivity contribution in [1.29, 1.82) is 0 Å². The molecule has 1 aliphatic heterocycles. The van der Waals surface area contributed by atoms with Crippen LogP contribution in [0.3, 0.4) is 0 Å². The van der Waals surface area contributed by atoms with Crippen LogP contribution in [0.1, 0.15) is 23.7 Å². The van der Waals surface area contributed by atoms with Gasteiger partial charge in [0, 0.05) is 31.0 Å². The van der Waals surface area contributed by atoms with Crippen LogP contribution in [0.2, 0.25) is 0 Å². The Morgan fingerprint density at radius 3 is 3.10 bits per heavy atom. The third-order valence-electron chi connectivity index (χ3n) is 3.37. The summed E-state index contributed by atoms with van der Waals surface area (Å²) in [6, 6.07) is 2.00. The fourth-order valence-electron chi connectivity index (χ4n) is 2.28. The van der Waals surface area contributed by atoms with Gasteiger partial charge in [-0.2, -0.15) is 4.98 Å². The van der Waals surface area contributed by atoms with Gasteiger partial charge < -0.3 is 15.4 Å². The Hall–Kier alpha value is -1.73. The molecule has 0 bridgehead atoms. The van der Waals surface area contributed by atoms with Gasteiger partial charge in [-0.05, 0) is 6.42 Å². The third kappa shape index (κ3) is 2.88. The van der Waals surface area contributed by atoms with Crippen molar-refractivity contribution in [3.05, 3.63) is 28.3 Å². The van der Waals surface area contributed by atoms with Crippen LogP contribution in [0.5, 0.6) is 0 Å². The second-order valence-electron chi connectivity index (χ2n) is 4.91. The van der Waals surface area contributed by atoms with E-state index in [0.29, 0.717) is 25.0 Å². The predicted octanol–water partition coefficient (Wildman–Crippen LogP) is 1.66. The Morgan fingerprint density at radius 2 is 2.40 bits per heavy atom. The standard InChI is InChI=1S/C13H17N5OS/c1-18(5-10-7-20-8-15-10)12-4-11(16-13(14)17-12)9-2-3-19-6-9/h4,7-9H,2-3,5-6H2,1H3,(H2,14,16,17)/t9-/m0/s1. The fraction of sp³-hybridized carbons (Fsp3) is 0.462. The molecular formula is C13H17N5OS. The molecule has 3 heterocycles. The minimum absolute atomic E-state index is 0.314. The van der Waals surface area contributed by atoms with Crippen molar-refractivity contribution < 1.29 is 4.74 Å². The minimum Gasteiger partial charge on any atom is -0.381 e. The van der Waals surface area contributed by atoms with Crippen LogP contribution in [-0.2, 0) is 11.3 Å². The van der Waals surface area contributed by atoms with E-state index in [1.165, 1.54) is 0 Å². The lowest BCUT2D eigenvalue weighted by Crippen LogP contribution is -2.19. The molecule has 6 nitrogen and oxygen atoms in total. The van der Waals surface area contributed by atoms with Crippen molar-refractivity contribution in [1.82, 2.24) is 15.0 Å². The molecule has 0 saturated carbocycles. The predicted molar refractivity (Wildman–Crippen MR) is 78.8 cm³/mol. The first-order chi connectivity index (χ1) is 9.72. The molecule has 7 heteroatoms. The molecule has 2 aromatic rings. The van der Waals surface area contributed by atoms with Crippen molar-refractivity contribution in [2.75, 3.05) is 30.9 Å². The summed E-state index contributed by atoms with van der Waals surface area (Å²) >= 11 is 1.59.